The maximum absolute atomic E-state index is 10.3. The number of ether oxygens (including phenoxy) is 1. The lowest BCUT2D eigenvalue weighted by atomic mass is 10.4. The van der Waals surface area contributed by atoms with Crippen molar-refractivity contribution in [2.24, 2.45) is 0 Å². The van der Waals surface area contributed by atoms with Crippen molar-refractivity contribution in [1.82, 2.24) is 5.32 Å². The summed E-state index contributed by atoms with van der Waals surface area (Å²) < 4.78 is 4.45. The second-order valence-electron chi connectivity index (χ2n) is 1.79. The van der Waals surface area contributed by atoms with Gasteiger partial charge in [0, 0.05) is 14.0 Å². The molecule has 0 heterocycles. The normalized spacial score (nSPS) is 12.3. The summed E-state index contributed by atoms with van der Waals surface area (Å²) in [5.41, 5.74) is 0.148. The third kappa shape index (κ3) is 3.21. The molecule has 1 amide bonds. The minimum atomic E-state index is -1.12. The number of carbonyl (C=O) groups is 1. The lowest BCUT2D eigenvalue weighted by Gasteiger charge is -2.10. The second kappa shape index (κ2) is 4.03. The van der Waals surface area contributed by atoms with Crippen LogP contribution in [0.4, 0.5) is 0 Å². The van der Waals surface area contributed by atoms with Gasteiger partial charge in [-0.2, -0.15) is 0 Å². The molecular formula is C6H11NO3. The number of aliphatic hydroxyl groups is 1. The van der Waals surface area contributed by atoms with Crippen molar-refractivity contribution in [3.8, 4) is 0 Å². The standard InChI is InChI=1S/C6H11NO3/c1-4(6(9)10-3)7-5(2)8/h6,9H,1H2,2-3H3,(H,7,8). The molecule has 0 bridgehead atoms. The molecule has 0 aliphatic rings. The van der Waals surface area contributed by atoms with Crippen LogP contribution in [0, 0.1) is 0 Å². The first-order chi connectivity index (χ1) is 4.57. The van der Waals surface area contributed by atoms with Crippen LogP contribution in [0.25, 0.3) is 0 Å². The molecule has 1 unspecified atom stereocenters. The van der Waals surface area contributed by atoms with Crippen LogP contribution >= 0.6 is 0 Å². The molecule has 0 radical (unpaired) electrons. The van der Waals surface area contributed by atoms with Crippen molar-refractivity contribution < 1.29 is 14.6 Å². The van der Waals surface area contributed by atoms with Gasteiger partial charge in [0.05, 0.1) is 5.70 Å². The number of hydrogen-bond acceptors (Lipinski definition) is 3. The maximum Gasteiger partial charge on any atom is 0.221 e. The zero-order valence-corrected chi connectivity index (χ0v) is 6.05. The number of aliphatic hydroxyl groups excluding tert-OH is 1. The molecule has 4 nitrogen and oxygen atoms in total. The van der Waals surface area contributed by atoms with Gasteiger partial charge in [-0.05, 0) is 0 Å². The molecule has 0 aromatic rings. The second-order valence-corrected chi connectivity index (χ2v) is 1.79. The van der Waals surface area contributed by atoms with Gasteiger partial charge in [-0.25, -0.2) is 0 Å². The van der Waals surface area contributed by atoms with Crippen LogP contribution in [0.5, 0.6) is 0 Å². The smallest absolute Gasteiger partial charge is 0.221 e. The average molecular weight is 145 g/mol. The fourth-order valence-corrected chi connectivity index (χ4v) is 0.430. The Balaban J connectivity index is 3.73. The van der Waals surface area contributed by atoms with Crippen LogP contribution in [-0.4, -0.2) is 24.4 Å². The van der Waals surface area contributed by atoms with Gasteiger partial charge in [0.2, 0.25) is 5.91 Å². The Bertz CT molecular complexity index is 144. The van der Waals surface area contributed by atoms with Crippen LogP contribution < -0.4 is 5.32 Å². The van der Waals surface area contributed by atoms with E-state index in [2.05, 4.69) is 16.6 Å². The quantitative estimate of drug-likeness (QED) is 0.531. The molecule has 0 spiro atoms. The largest absolute Gasteiger partial charge is 0.363 e. The Kier molecular flexibility index (Phi) is 3.68. The lowest BCUT2D eigenvalue weighted by molar-refractivity contribution is -0.120. The molecule has 0 aromatic heterocycles. The fourth-order valence-electron chi connectivity index (χ4n) is 0.430. The van der Waals surface area contributed by atoms with Gasteiger partial charge >= 0.3 is 0 Å². The zero-order chi connectivity index (χ0) is 8.15. The number of amides is 1. The molecular weight excluding hydrogens is 134 g/mol. The van der Waals surface area contributed by atoms with E-state index >= 15 is 0 Å². The summed E-state index contributed by atoms with van der Waals surface area (Å²) >= 11 is 0. The molecule has 0 saturated carbocycles. The van der Waals surface area contributed by atoms with Crippen molar-refractivity contribution in [2.75, 3.05) is 7.11 Å². The predicted molar refractivity (Wildman–Crippen MR) is 36.0 cm³/mol. The Morgan fingerprint density at radius 3 is 2.60 bits per heavy atom. The molecule has 2 N–H and O–H groups in total. The molecule has 58 valence electrons. The minimum absolute atomic E-state index is 0.148. The lowest BCUT2D eigenvalue weighted by Crippen LogP contribution is -2.27. The highest BCUT2D eigenvalue weighted by Crippen LogP contribution is 1.93. The molecule has 10 heavy (non-hydrogen) atoms. The van der Waals surface area contributed by atoms with Gasteiger partial charge in [-0.3, -0.25) is 4.79 Å². The highest BCUT2D eigenvalue weighted by molar-refractivity contribution is 5.74. The molecule has 0 saturated heterocycles. The van der Waals surface area contributed by atoms with E-state index in [1.54, 1.807) is 0 Å². The first-order valence-corrected chi connectivity index (χ1v) is 2.75. The summed E-state index contributed by atoms with van der Waals surface area (Å²) in [5, 5.41) is 11.1. The van der Waals surface area contributed by atoms with Crippen molar-refractivity contribution in [3.05, 3.63) is 12.3 Å². The Hall–Kier alpha value is -0.870. The van der Waals surface area contributed by atoms with Gasteiger partial charge in [-0.1, -0.05) is 6.58 Å². The van der Waals surface area contributed by atoms with E-state index in [-0.39, 0.29) is 11.6 Å². The van der Waals surface area contributed by atoms with Crippen molar-refractivity contribution in [3.63, 3.8) is 0 Å². The van der Waals surface area contributed by atoms with Gasteiger partial charge in [0.15, 0.2) is 6.29 Å². The summed E-state index contributed by atoms with van der Waals surface area (Å²) in [5.74, 6) is -0.277. The van der Waals surface area contributed by atoms with Gasteiger partial charge in [0.25, 0.3) is 0 Å². The predicted octanol–water partition coefficient (Wildman–Crippen LogP) is -0.399. The fraction of sp³-hybridized carbons (Fsp3) is 0.500. The van der Waals surface area contributed by atoms with E-state index in [4.69, 9.17) is 5.11 Å². The number of nitrogens with one attached hydrogen (secondary N) is 1. The Labute approximate surface area is 59.5 Å². The summed E-state index contributed by atoms with van der Waals surface area (Å²) in [7, 11) is 1.32. The van der Waals surface area contributed by atoms with Crippen LogP contribution in [-0.2, 0) is 9.53 Å². The molecule has 0 aromatic carbocycles. The van der Waals surface area contributed by atoms with E-state index in [0.717, 1.165) is 0 Å². The average Bonchev–Trinajstić information content (AvgIpc) is 1.85. The monoisotopic (exact) mass is 145 g/mol. The minimum Gasteiger partial charge on any atom is -0.363 e. The van der Waals surface area contributed by atoms with E-state index in [1.807, 2.05) is 0 Å². The van der Waals surface area contributed by atoms with Gasteiger partial charge in [0.1, 0.15) is 0 Å². The van der Waals surface area contributed by atoms with Crippen LogP contribution in [0.3, 0.4) is 0 Å². The summed E-state index contributed by atoms with van der Waals surface area (Å²) in [6.45, 7) is 4.69. The highest BCUT2D eigenvalue weighted by Gasteiger charge is 2.06. The Morgan fingerprint density at radius 1 is 1.80 bits per heavy atom. The maximum atomic E-state index is 10.3. The molecule has 0 aliphatic heterocycles. The first-order valence-electron chi connectivity index (χ1n) is 2.75. The zero-order valence-electron chi connectivity index (χ0n) is 6.05. The number of hydrogen-bond donors (Lipinski definition) is 2. The van der Waals surface area contributed by atoms with Gasteiger partial charge in [-0.15, -0.1) is 0 Å². The van der Waals surface area contributed by atoms with Crippen LogP contribution in [0.1, 0.15) is 6.92 Å². The third-order valence-electron chi connectivity index (χ3n) is 0.858. The first kappa shape index (κ1) is 9.13. The molecule has 1 atom stereocenters. The topological polar surface area (TPSA) is 58.6 Å². The van der Waals surface area contributed by atoms with Crippen LogP contribution in [0.2, 0.25) is 0 Å². The number of methoxy groups -OCH3 is 1. The summed E-state index contributed by atoms with van der Waals surface area (Å²) in [4.78, 5) is 10.3. The van der Waals surface area contributed by atoms with Crippen molar-refractivity contribution in [1.29, 1.82) is 0 Å². The summed E-state index contributed by atoms with van der Waals surface area (Å²) in [6, 6.07) is 0. The summed E-state index contributed by atoms with van der Waals surface area (Å²) in [6.07, 6.45) is -1.12. The van der Waals surface area contributed by atoms with Crippen molar-refractivity contribution in [2.45, 2.75) is 13.2 Å². The van der Waals surface area contributed by atoms with Crippen LogP contribution in [0.15, 0.2) is 12.3 Å². The number of rotatable bonds is 3. The third-order valence-corrected chi connectivity index (χ3v) is 0.858. The highest BCUT2D eigenvalue weighted by atomic mass is 16.6. The van der Waals surface area contributed by atoms with E-state index in [9.17, 15) is 4.79 Å². The molecule has 4 heteroatoms. The van der Waals surface area contributed by atoms with E-state index in [0.29, 0.717) is 0 Å². The van der Waals surface area contributed by atoms with E-state index < -0.39 is 6.29 Å². The van der Waals surface area contributed by atoms with Gasteiger partial charge < -0.3 is 15.2 Å². The number of carbonyl (C=O) groups excluding carboxylic acids is 1. The SMILES string of the molecule is C=C(NC(C)=O)C(O)OC. The van der Waals surface area contributed by atoms with Crippen molar-refractivity contribution >= 4 is 5.91 Å². The molecule has 0 rings (SSSR count). The molecule has 0 aliphatic carbocycles. The van der Waals surface area contributed by atoms with E-state index in [1.165, 1.54) is 14.0 Å². The molecule has 0 fully saturated rings. The Morgan fingerprint density at radius 2 is 2.30 bits per heavy atom.